The lowest BCUT2D eigenvalue weighted by atomic mass is 9.82. The minimum absolute atomic E-state index is 0.596. The van der Waals surface area contributed by atoms with E-state index < -0.39 is 33.7 Å². The molecule has 110 valence electrons. The van der Waals surface area contributed by atoms with Crippen molar-refractivity contribution < 1.29 is 19.0 Å². The minimum Gasteiger partial charge on any atom is -0.352 e. The van der Waals surface area contributed by atoms with Crippen LogP contribution in [0.25, 0.3) is 0 Å². The topological polar surface area (TPSA) is 142 Å². The number of ether oxygens (including phenoxy) is 3. The van der Waals surface area contributed by atoms with Crippen molar-refractivity contribution in [1.29, 1.82) is 15.8 Å². The molecule has 4 atom stereocenters. The summed E-state index contributed by atoms with van der Waals surface area (Å²) in [5.41, 5.74) is 0.128. The zero-order chi connectivity index (χ0) is 16.3. The fourth-order valence-electron chi connectivity index (χ4n) is 4.05. The number of rotatable bonds is 3. The Bertz CT molecular complexity index is 645. The van der Waals surface area contributed by atoms with Crippen molar-refractivity contribution in [3.63, 3.8) is 0 Å². The lowest BCUT2D eigenvalue weighted by molar-refractivity contribution is -0.335. The smallest absolute Gasteiger partial charge is 0.250 e. The van der Waals surface area contributed by atoms with Crippen LogP contribution in [0.1, 0.15) is 13.8 Å². The predicted molar refractivity (Wildman–Crippen MR) is 65.2 cm³/mol. The second-order valence-electron chi connectivity index (χ2n) is 5.27. The van der Waals surface area contributed by atoms with E-state index in [1.165, 1.54) is 28.1 Å². The number of fused-ring (bicyclic) bond motifs is 1. The van der Waals surface area contributed by atoms with Crippen LogP contribution in [0.15, 0.2) is 0 Å². The Balaban J connectivity index is 2.97. The van der Waals surface area contributed by atoms with Gasteiger partial charge in [0.2, 0.25) is 0 Å². The molecule has 1 heterocycles. The second-order valence-corrected chi connectivity index (χ2v) is 5.27. The number of ketones is 1. The molecule has 1 aliphatic carbocycles. The molecule has 0 aromatic rings. The van der Waals surface area contributed by atoms with E-state index >= 15 is 0 Å². The highest BCUT2D eigenvalue weighted by Gasteiger charge is 3.08. The first-order valence-electron chi connectivity index (χ1n) is 6.05. The van der Waals surface area contributed by atoms with Crippen molar-refractivity contribution in [3.05, 3.63) is 0 Å². The van der Waals surface area contributed by atoms with Crippen LogP contribution in [0.3, 0.4) is 0 Å². The van der Waals surface area contributed by atoms with Crippen molar-refractivity contribution >= 4 is 5.78 Å². The standard InChI is InChI=1S/C13H14N4O4/c1-8(18)12-9(2,19-3)21-13(17,20-4)11(12,7-16)10(12,5-14)6-15/h17H2,1-4H3/t9-,11-,12+,13+/m0/s1. The summed E-state index contributed by atoms with van der Waals surface area (Å²) in [6, 6.07) is 5.38. The third-order valence-electron chi connectivity index (χ3n) is 4.90. The average molecular weight is 290 g/mol. The van der Waals surface area contributed by atoms with E-state index in [9.17, 15) is 20.6 Å². The fraction of sp³-hybridized carbons (Fsp3) is 0.692. The van der Waals surface area contributed by atoms with Gasteiger partial charge in [0.1, 0.15) is 11.2 Å². The summed E-state index contributed by atoms with van der Waals surface area (Å²) in [4.78, 5) is 12.4. The van der Waals surface area contributed by atoms with Gasteiger partial charge in [-0.3, -0.25) is 10.5 Å². The van der Waals surface area contributed by atoms with Gasteiger partial charge in [0, 0.05) is 14.2 Å². The van der Waals surface area contributed by atoms with Gasteiger partial charge < -0.3 is 14.2 Å². The van der Waals surface area contributed by atoms with E-state index in [-0.39, 0.29) is 0 Å². The molecule has 8 heteroatoms. The molecule has 8 nitrogen and oxygen atoms in total. The fourth-order valence-corrected chi connectivity index (χ4v) is 4.05. The number of hydrogen-bond donors (Lipinski definition) is 1. The van der Waals surface area contributed by atoms with Gasteiger partial charge in [-0.2, -0.15) is 15.8 Å². The Morgan fingerprint density at radius 3 is 1.95 bits per heavy atom. The Kier molecular flexibility index (Phi) is 2.77. The number of nitrogens with two attached hydrogens (primary N) is 1. The number of nitrogens with zero attached hydrogens (tertiary/aromatic N) is 3. The molecule has 2 aliphatic rings. The predicted octanol–water partition coefficient (Wildman–Crippen LogP) is -0.229. The summed E-state index contributed by atoms with van der Waals surface area (Å²) in [6.07, 6.45) is 0. The first kappa shape index (κ1) is 15.4. The van der Waals surface area contributed by atoms with Crippen molar-refractivity contribution in [1.82, 2.24) is 0 Å². The van der Waals surface area contributed by atoms with Crippen LogP contribution in [0, 0.1) is 50.2 Å². The van der Waals surface area contributed by atoms with Crippen LogP contribution in [0.5, 0.6) is 0 Å². The van der Waals surface area contributed by atoms with Gasteiger partial charge in [0.05, 0.1) is 18.2 Å². The third-order valence-corrected chi connectivity index (χ3v) is 4.90. The van der Waals surface area contributed by atoms with Crippen LogP contribution in [0.2, 0.25) is 0 Å². The maximum Gasteiger partial charge on any atom is 0.250 e. The van der Waals surface area contributed by atoms with Crippen LogP contribution in [-0.2, 0) is 19.0 Å². The van der Waals surface area contributed by atoms with E-state index in [1.54, 1.807) is 12.1 Å². The number of methoxy groups -OCH3 is 2. The van der Waals surface area contributed by atoms with Crippen LogP contribution in [-0.4, -0.2) is 31.7 Å². The Morgan fingerprint density at radius 1 is 1.14 bits per heavy atom. The summed E-state index contributed by atoms with van der Waals surface area (Å²) in [6.45, 7) is 2.54. The van der Waals surface area contributed by atoms with Gasteiger partial charge in [0.15, 0.2) is 16.6 Å². The number of nitriles is 3. The highest BCUT2D eigenvalue weighted by molar-refractivity contribution is 5.95. The van der Waals surface area contributed by atoms with Crippen LogP contribution in [0.4, 0.5) is 0 Å². The molecule has 1 saturated carbocycles. The molecule has 0 bridgehead atoms. The summed E-state index contributed by atoms with van der Waals surface area (Å²) in [7, 11) is 2.41. The summed E-state index contributed by atoms with van der Waals surface area (Å²) < 4.78 is 15.8. The Morgan fingerprint density at radius 2 is 1.67 bits per heavy atom. The lowest BCUT2D eigenvalue weighted by Gasteiger charge is -2.37. The SMILES string of the molecule is CO[C@@]1(C)O[C@](N)(OC)[C@@]2(C#N)C(C#N)(C#N)[C@@]12C(C)=O. The van der Waals surface area contributed by atoms with Gasteiger partial charge in [-0.1, -0.05) is 0 Å². The lowest BCUT2D eigenvalue weighted by Crippen LogP contribution is -2.55. The van der Waals surface area contributed by atoms with Crippen LogP contribution >= 0.6 is 0 Å². The minimum atomic E-state index is -2.12. The van der Waals surface area contributed by atoms with E-state index in [0.29, 0.717) is 0 Å². The van der Waals surface area contributed by atoms with Gasteiger partial charge in [0.25, 0.3) is 5.91 Å². The molecule has 0 radical (unpaired) electrons. The number of carbonyl (C=O) groups is 1. The molecule has 2 rings (SSSR count). The molecule has 0 aromatic heterocycles. The van der Waals surface area contributed by atoms with Gasteiger partial charge >= 0.3 is 0 Å². The summed E-state index contributed by atoms with van der Waals surface area (Å²) in [5.74, 6) is -4.46. The van der Waals surface area contributed by atoms with E-state index in [0.717, 1.165) is 0 Å². The average Bonchev–Trinajstić information content (AvgIpc) is 3.00. The normalized spacial score (nSPS) is 45.8. The van der Waals surface area contributed by atoms with Crippen molar-refractivity contribution in [2.45, 2.75) is 25.5 Å². The van der Waals surface area contributed by atoms with E-state index in [2.05, 4.69) is 0 Å². The highest BCUT2D eigenvalue weighted by Crippen LogP contribution is 2.89. The van der Waals surface area contributed by atoms with Gasteiger partial charge in [-0.15, -0.1) is 0 Å². The second kappa shape index (κ2) is 3.79. The zero-order valence-electron chi connectivity index (χ0n) is 12.1. The van der Waals surface area contributed by atoms with Crippen molar-refractivity contribution in [3.8, 4) is 18.2 Å². The zero-order valence-corrected chi connectivity index (χ0v) is 12.1. The number of carbonyl (C=O) groups excluding carboxylic acids is 1. The molecule has 0 unspecified atom stereocenters. The molecule has 2 fully saturated rings. The Labute approximate surface area is 121 Å². The molecule has 0 amide bonds. The summed E-state index contributed by atoms with van der Waals surface area (Å²) in [5, 5.41) is 28.7. The first-order valence-corrected chi connectivity index (χ1v) is 6.05. The highest BCUT2D eigenvalue weighted by atomic mass is 16.8. The first-order chi connectivity index (χ1) is 9.70. The molecule has 21 heavy (non-hydrogen) atoms. The molecular formula is C13H14N4O4. The summed E-state index contributed by atoms with van der Waals surface area (Å²) >= 11 is 0. The quantitative estimate of drug-likeness (QED) is 0.702. The molecule has 1 aliphatic heterocycles. The van der Waals surface area contributed by atoms with E-state index in [4.69, 9.17) is 19.9 Å². The van der Waals surface area contributed by atoms with E-state index in [1.807, 2.05) is 6.07 Å². The van der Waals surface area contributed by atoms with Crippen molar-refractivity contribution in [2.75, 3.05) is 14.2 Å². The molecule has 2 N–H and O–H groups in total. The maximum absolute atomic E-state index is 12.4. The molecule has 1 saturated heterocycles. The largest absolute Gasteiger partial charge is 0.352 e. The number of hydrogen-bond acceptors (Lipinski definition) is 8. The Hall–Kier alpha value is -2.02. The van der Waals surface area contributed by atoms with Crippen LogP contribution < -0.4 is 5.73 Å². The van der Waals surface area contributed by atoms with Crippen molar-refractivity contribution in [2.24, 2.45) is 22.0 Å². The molecule has 0 spiro atoms. The third kappa shape index (κ3) is 0.994. The molecular weight excluding hydrogens is 276 g/mol. The van der Waals surface area contributed by atoms with Gasteiger partial charge in [-0.25, -0.2) is 0 Å². The van der Waals surface area contributed by atoms with Gasteiger partial charge in [-0.05, 0) is 13.8 Å². The number of Topliss-reactive ketones (excluding diaryl/α,β-unsaturated/α-hetero) is 1. The maximum atomic E-state index is 12.4. The monoisotopic (exact) mass is 290 g/mol. The molecule has 0 aromatic carbocycles.